The second-order valence-electron chi connectivity index (χ2n) is 7.33. The Labute approximate surface area is 161 Å². The van der Waals surface area contributed by atoms with Crippen molar-refractivity contribution in [3.8, 4) is 11.5 Å². The lowest BCUT2D eigenvalue weighted by Crippen LogP contribution is -2.39. The highest BCUT2D eigenvalue weighted by Crippen LogP contribution is 2.47. The van der Waals surface area contributed by atoms with Gasteiger partial charge in [-0.15, -0.1) is 0 Å². The van der Waals surface area contributed by atoms with Crippen LogP contribution < -0.4 is 9.47 Å². The summed E-state index contributed by atoms with van der Waals surface area (Å²) in [6.07, 6.45) is 9.36. The van der Waals surface area contributed by atoms with Crippen LogP contribution >= 0.6 is 11.6 Å². The maximum atomic E-state index is 12.6. The number of carbonyl (C=O) groups excluding carboxylic acids is 1. The second-order valence-corrected chi connectivity index (χ2v) is 7.74. The fourth-order valence-electron chi connectivity index (χ4n) is 3.51. The van der Waals surface area contributed by atoms with Crippen molar-refractivity contribution in [2.45, 2.75) is 45.1 Å². The molecule has 2 aliphatic rings. The molecule has 2 saturated carbocycles. The van der Waals surface area contributed by atoms with Crippen LogP contribution in [0.2, 0.25) is 5.02 Å². The van der Waals surface area contributed by atoms with Crippen LogP contribution in [-0.2, 0) is 4.79 Å². The van der Waals surface area contributed by atoms with Gasteiger partial charge in [-0.3, -0.25) is 4.79 Å². The van der Waals surface area contributed by atoms with Crippen LogP contribution in [0, 0.1) is 11.8 Å². The zero-order valence-electron chi connectivity index (χ0n) is 15.8. The maximum absolute atomic E-state index is 12.6. The number of hydrogen-bond donors (Lipinski definition) is 0. The van der Waals surface area contributed by atoms with E-state index >= 15 is 0 Å². The summed E-state index contributed by atoms with van der Waals surface area (Å²) in [5.74, 6) is 2.60. The number of halogens is 1. The van der Waals surface area contributed by atoms with E-state index in [2.05, 4.69) is 0 Å². The monoisotopic (exact) mass is 377 g/mol. The third kappa shape index (κ3) is 4.53. The summed E-state index contributed by atoms with van der Waals surface area (Å²) < 4.78 is 11.1. The minimum absolute atomic E-state index is 0.0511. The number of methoxy groups -OCH3 is 1. The van der Waals surface area contributed by atoms with Crippen LogP contribution in [0.1, 0.15) is 44.6 Å². The van der Waals surface area contributed by atoms with E-state index in [-0.39, 0.29) is 5.91 Å². The van der Waals surface area contributed by atoms with E-state index in [0.717, 1.165) is 12.0 Å². The molecule has 3 rings (SSSR count). The Morgan fingerprint density at radius 3 is 2.50 bits per heavy atom. The molecule has 0 N–H and O–H groups in total. The van der Waals surface area contributed by atoms with Crippen molar-refractivity contribution >= 4 is 23.6 Å². The van der Waals surface area contributed by atoms with Gasteiger partial charge in [-0.25, -0.2) is 0 Å². The number of ether oxygens (including phenoxy) is 2. The highest BCUT2D eigenvalue weighted by Gasteiger charge is 2.44. The zero-order chi connectivity index (χ0) is 18.7. The van der Waals surface area contributed by atoms with Crippen LogP contribution in [0.25, 0.3) is 6.08 Å². The number of benzene rings is 1. The molecule has 0 radical (unpaired) electrons. The van der Waals surface area contributed by atoms with Gasteiger partial charge in [0.15, 0.2) is 11.5 Å². The van der Waals surface area contributed by atoms with Crippen molar-refractivity contribution in [2.24, 2.45) is 11.8 Å². The van der Waals surface area contributed by atoms with Crippen molar-refractivity contribution in [1.82, 2.24) is 4.90 Å². The van der Waals surface area contributed by atoms with Gasteiger partial charge in [0.05, 0.1) is 18.7 Å². The van der Waals surface area contributed by atoms with E-state index in [9.17, 15) is 4.79 Å². The molecule has 0 heterocycles. The van der Waals surface area contributed by atoms with Gasteiger partial charge in [0, 0.05) is 19.2 Å². The first-order chi connectivity index (χ1) is 12.5. The van der Waals surface area contributed by atoms with Crippen LogP contribution in [-0.4, -0.2) is 37.6 Å². The van der Waals surface area contributed by atoms with Crippen molar-refractivity contribution in [3.63, 3.8) is 0 Å². The molecule has 1 aromatic rings. The van der Waals surface area contributed by atoms with Gasteiger partial charge < -0.3 is 14.4 Å². The van der Waals surface area contributed by atoms with E-state index in [1.807, 2.05) is 24.9 Å². The normalized spacial score (nSPS) is 17.0. The van der Waals surface area contributed by atoms with Crippen LogP contribution in [0.3, 0.4) is 0 Å². The quantitative estimate of drug-likeness (QED) is 0.580. The standard InChI is InChI=1S/C21H28ClNO3/c1-4-11-26-21-17(22)12-14(13-18(21)25-3)5-10-19(24)23(2)20(15-6-7-15)16-8-9-16/h5,10,12-13,15-16,20H,4,6-9,11H2,1-3H3/b10-5+. The summed E-state index contributed by atoms with van der Waals surface area (Å²) in [4.78, 5) is 14.6. The predicted molar refractivity (Wildman–Crippen MR) is 105 cm³/mol. The molecule has 2 fully saturated rings. The van der Waals surface area contributed by atoms with Crippen LogP contribution in [0.4, 0.5) is 0 Å². The summed E-state index contributed by atoms with van der Waals surface area (Å²) >= 11 is 6.34. The number of likely N-dealkylation sites (N-methyl/N-ethyl adjacent to an activating group) is 1. The fourth-order valence-corrected chi connectivity index (χ4v) is 3.78. The lowest BCUT2D eigenvalue weighted by molar-refractivity contribution is -0.127. The molecular weight excluding hydrogens is 350 g/mol. The molecule has 4 nitrogen and oxygen atoms in total. The maximum Gasteiger partial charge on any atom is 0.246 e. The summed E-state index contributed by atoms with van der Waals surface area (Å²) in [7, 11) is 3.52. The number of nitrogens with zero attached hydrogens (tertiary/aromatic N) is 1. The van der Waals surface area contributed by atoms with Gasteiger partial charge in [-0.2, -0.15) is 0 Å². The lowest BCUT2D eigenvalue weighted by atomic mass is 10.1. The van der Waals surface area contributed by atoms with Crippen LogP contribution in [0.15, 0.2) is 18.2 Å². The van der Waals surface area contributed by atoms with Gasteiger partial charge in [0.2, 0.25) is 5.91 Å². The molecule has 1 aromatic carbocycles. The molecule has 0 unspecified atom stereocenters. The van der Waals surface area contributed by atoms with Crippen molar-refractivity contribution in [2.75, 3.05) is 20.8 Å². The average molecular weight is 378 g/mol. The van der Waals surface area contributed by atoms with E-state index in [4.69, 9.17) is 21.1 Å². The first kappa shape index (κ1) is 19.1. The number of carbonyl (C=O) groups is 1. The summed E-state index contributed by atoms with van der Waals surface area (Å²) in [5.41, 5.74) is 0.826. The molecule has 5 heteroatoms. The first-order valence-corrected chi connectivity index (χ1v) is 9.88. The van der Waals surface area contributed by atoms with Gasteiger partial charge in [0.25, 0.3) is 0 Å². The Morgan fingerprint density at radius 2 is 1.96 bits per heavy atom. The predicted octanol–water partition coefficient (Wildman–Crippen LogP) is 4.80. The molecule has 0 bridgehead atoms. The Bertz CT molecular complexity index is 668. The smallest absolute Gasteiger partial charge is 0.246 e. The summed E-state index contributed by atoms with van der Waals surface area (Å²) in [5, 5.41) is 0.493. The van der Waals surface area contributed by atoms with Crippen molar-refractivity contribution in [1.29, 1.82) is 0 Å². The molecular formula is C21H28ClNO3. The number of hydrogen-bond acceptors (Lipinski definition) is 3. The first-order valence-electron chi connectivity index (χ1n) is 9.50. The Kier molecular flexibility index (Phi) is 6.13. The largest absolute Gasteiger partial charge is 0.493 e. The fraction of sp³-hybridized carbons (Fsp3) is 0.571. The zero-order valence-corrected chi connectivity index (χ0v) is 16.6. The molecule has 142 valence electrons. The topological polar surface area (TPSA) is 38.8 Å². The van der Waals surface area contributed by atoms with Gasteiger partial charge in [-0.1, -0.05) is 18.5 Å². The minimum atomic E-state index is 0.0511. The minimum Gasteiger partial charge on any atom is -0.493 e. The third-order valence-electron chi connectivity index (χ3n) is 5.13. The number of amides is 1. The van der Waals surface area contributed by atoms with E-state index in [0.29, 0.717) is 41.0 Å². The molecule has 26 heavy (non-hydrogen) atoms. The molecule has 0 atom stereocenters. The van der Waals surface area contributed by atoms with Gasteiger partial charge >= 0.3 is 0 Å². The van der Waals surface area contributed by atoms with Crippen molar-refractivity contribution in [3.05, 3.63) is 28.8 Å². The highest BCUT2D eigenvalue weighted by atomic mass is 35.5. The lowest BCUT2D eigenvalue weighted by Gasteiger charge is -2.27. The highest BCUT2D eigenvalue weighted by molar-refractivity contribution is 6.32. The summed E-state index contributed by atoms with van der Waals surface area (Å²) in [6, 6.07) is 4.06. The molecule has 1 amide bonds. The Morgan fingerprint density at radius 1 is 1.31 bits per heavy atom. The van der Waals surface area contributed by atoms with E-state index < -0.39 is 0 Å². The summed E-state index contributed by atoms with van der Waals surface area (Å²) in [6.45, 7) is 2.62. The number of rotatable bonds is 9. The van der Waals surface area contributed by atoms with Gasteiger partial charge in [0.1, 0.15) is 0 Å². The van der Waals surface area contributed by atoms with Crippen molar-refractivity contribution < 1.29 is 14.3 Å². The third-order valence-corrected chi connectivity index (χ3v) is 5.41. The molecule has 0 aliphatic heterocycles. The molecule has 2 aliphatic carbocycles. The molecule has 0 aromatic heterocycles. The average Bonchev–Trinajstić information content (AvgIpc) is 3.53. The van der Waals surface area contributed by atoms with Crippen LogP contribution in [0.5, 0.6) is 11.5 Å². The molecule has 0 spiro atoms. The SMILES string of the molecule is CCCOc1c(Cl)cc(/C=C/C(=O)N(C)C(C2CC2)C2CC2)cc1OC. The molecule has 0 saturated heterocycles. The van der Waals surface area contributed by atoms with E-state index in [1.165, 1.54) is 25.7 Å². The van der Waals surface area contributed by atoms with Gasteiger partial charge in [-0.05, 0) is 67.7 Å². The van der Waals surface area contributed by atoms with E-state index in [1.54, 1.807) is 25.3 Å². The second kappa shape index (κ2) is 8.34. The Hall–Kier alpha value is -1.68. The Balaban J connectivity index is 1.70.